The third-order valence-corrected chi connectivity index (χ3v) is 6.70. The number of nitrogens with one attached hydrogen (secondary N) is 1. The largest absolute Gasteiger partial charge is 0.450 e. The molecular weight excluding hydrogens is 552 g/mol. The minimum absolute atomic E-state index is 0.103. The first kappa shape index (κ1) is 27.3. The van der Waals surface area contributed by atoms with Gasteiger partial charge in [-0.15, -0.1) is 0 Å². The van der Waals surface area contributed by atoms with Crippen molar-refractivity contribution in [2.45, 2.75) is 6.92 Å². The van der Waals surface area contributed by atoms with E-state index in [2.05, 4.69) is 5.32 Å². The van der Waals surface area contributed by atoms with Crippen molar-refractivity contribution < 1.29 is 29.0 Å². The average molecular weight is 569 g/mol. The zero-order valence-corrected chi connectivity index (χ0v) is 21.5. The molecule has 1 N–H and O–H groups in total. The SMILES string of the molecule is Cc1ccc(NC(=O)CN2C(=O)S/C(=C/c3ccc(Oc4ccc([N+](=O)[O-])cc4[N+](=O)[O-])cc3)C2=O)cc1Cl. The molecule has 0 radical (unpaired) electrons. The molecule has 0 unspecified atom stereocenters. The number of thioether (sulfide) groups is 1. The molecule has 3 amide bonds. The van der Waals surface area contributed by atoms with Gasteiger partial charge >= 0.3 is 5.69 Å². The predicted molar refractivity (Wildman–Crippen MR) is 144 cm³/mol. The molecule has 198 valence electrons. The van der Waals surface area contributed by atoms with E-state index in [1.54, 1.807) is 30.3 Å². The van der Waals surface area contributed by atoms with Gasteiger partial charge in [-0.2, -0.15) is 0 Å². The summed E-state index contributed by atoms with van der Waals surface area (Å²) in [7, 11) is 0. The maximum Gasteiger partial charge on any atom is 0.318 e. The molecule has 0 aromatic heterocycles. The number of anilines is 1. The minimum atomic E-state index is -0.789. The molecule has 4 rings (SSSR count). The highest BCUT2D eigenvalue weighted by Crippen LogP contribution is 2.35. The summed E-state index contributed by atoms with van der Waals surface area (Å²) in [6, 6.07) is 14.0. The number of hydrogen-bond donors (Lipinski definition) is 1. The van der Waals surface area contributed by atoms with Crippen molar-refractivity contribution in [1.29, 1.82) is 0 Å². The van der Waals surface area contributed by atoms with Gasteiger partial charge in [0.15, 0.2) is 0 Å². The molecule has 0 atom stereocenters. The van der Waals surface area contributed by atoms with Crippen LogP contribution in [0.25, 0.3) is 6.08 Å². The summed E-state index contributed by atoms with van der Waals surface area (Å²) >= 11 is 6.74. The third-order valence-electron chi connectivity index (χ3n) is 5.39. The molecular formula is C25H17ClN4O8S. The van der Waals surface area contributed by atoms with E-state index < -0.39 is 44.8 Å². The summed E-state index contributed by atoms with van der Waals surface area (Å²) in [5, 5.41) is 24.7. The van der Waals surface area contributed by atoms with Gasteiger partial charge in [-0.25, -0.2) is 0 Å². The maximum atomic E-state index is 12.8. The van der Waals surface area contributed by atoms with Crippen molar-refractivity contribution in [3.8, 4) is 11.5 Å². The number of imide groups is 1. The van der Waals surface area contributed by atoms with Gasteiger partial charge in [0.2, 0.25) is 11.7 Å². The first-order valence-corrected chi connectivity index (χ1v) is 12.2. The number of non-ortho nitro benzene ring substituents is 1. The summed E-state index contributed by atoms with van der Waals surface area (Å²) < 4.78 is 5.52. The molecule has 1 aliphatic heterocycles. The smallest absolute Gasteiger partial charge is 0.318 e. The van der Waals surface area contributed by atoms with Crippen LogP contribution in [0.3, 0.4) is 0 Å². The van der Waals surface area contributed by atoms with E-state index >= 15 is 0 Å². The molecule has 39 heavy (non-hydrogen) atoms. The lowest BCUT2D eigenvalue weighted by molar-refractivity contribution is -0.394. The van der Waals surface area contributed by atoms with Gasteiger partial charge < -0.3 is 10.1 Å². The fourth-order valence-corrected chi connectivity index (χ4v) is 4.43. The van der Waals surface area contributed by atoms with Gasteiger partial charge in [0.25, 0.3) is 16.8 Å². The van der Waals surface area contributed by atoms with Gasteiger partial charge in [-0.3, -0.25) is 39.5 Å². The summed E-state index contributed by atoms with van der Waals surface area (Å²) in [6.45, 7) is 1.33. The van der Waals surface area contributed by atoms with Crippen LogP contribution in [0.5, 0.6) is 11.5 Å². The Bertz CT molecular complexity index is 1560. The number of nitrogens with zero attached hydrogens (tertiary/aromatic N) is 3. The van der Waals surface area contributed by atoms with Crippen LogP contribution in [0, 0.1) is 27.2 Å². The number of benzene rings is 3. The van der Waals surface area contributed by atoms with Crippen LogP contribution in [0.4, 0.5) is 21.9 Å². The summed E-state index contributed by atoms with van der Waals surface area (Å²) in [6.07, 6.45) is 1.46. The van der Waals surface area contributed by atoms with Crippen LogP contribution in [0.15, 0.2) is 65.6 Å². The number of ether oxygens (including phenoxy) is 1. The second-order valence-corrected chi connectivity index (χ2v) is 9.52. The molecule has 0 aliphatic carbocycles. The number of amides is 3. The minimum Gasteiger partial charge on any atom is -0.450 e. The molecule has 1 saturated heterocycles. The lowest BCUT2D eigenvalue weighted by atomic mass is 10.2. The second-order valence-electron chi connectivity index (χ2n) is 8.12. The zero-order chi connectivity index (χ0) is 28.3. The van der Waals surface area contributed by atoms with E-state index in [-0.39, 0.29) is 16.4 Å². The van der Waals surface area contributed by atoms with Crippen LogP contribution in [0.1, 0.15) is 11.1 Å². The molecule has 0 bridgehead atoms. The van der Waals surface area contributed by atoms with Gasteiger partial charge in [0.1, 0.15) is 12.3 Å². The average Bonchev–Trinajstić information content (AvgIpc) is 3.14. The summed E-state index contributed by atoms with van der Waals surface area (Å²) in [4.78, 5) is 59.2. The predicted octanol–water partition coefficient (Wildman–Crippen LogP) is 5.93. The first-order chi connectivity index (χ1) is 18.5. The third kappa shape index (κ3) is 6.40. The van der Waals surface area contributed by atoms with E-state index in [0.717, 1.165) is 28.7 Å². The van der Waals surface area contributed by atoms with Crippen molar-refractivity contribution >= 4 is 63.6 Å². The van der Waals surface area contributed by atoms with E-state index in [1.165, 1.54) is 18.2 Å². The molecule has 3 aromatic rings. The zero-order valence-electron chi connectivity index (χ0n) is 20.0. The Hall–Kier alpha value is -4.75. The van der Waals surface area contributed by atoms with Crippen LogP contribution in [-0.4, -0.2) is 38.3 Å². The number of halogens is 1. The quantitative estimate of drug-likeness (QED) is 0.197. The number of nitro groups is 2. The number of carbonyl (C=O) groups excluding carboxylic acids is 3. The molecule has 0 spiro atoms. The number of carbonyl (C=O) groups is 3. The Kier molecular flexibility index (Phi) is 7.93. The van der Waals surface area contributed by atoms with Crippen LogP contribution in [-0.2, 0) is 9.59 Å². The standard InChI is InChI=1S/C25H17ClN4O8S/c1-14-2-5-16(11-19(14)26)27-23(31)13-28-24(32)22(39-25(28)33)10-15-3-7-18(8-4-15)38-21-9-6-17(29(34)35)12-20(21)30(36)37/h2-12H,13H2,1H3,(H,27,31)/b22-10+. The van der Waals surface area contributed by atoms with Crippen LogP contribution < -0.4 is 10.1 Å². The Balaban J connectivity index is 1.43. The maximum absolute atomic E-state index is 12.8. The first-order valence-electron chi connectivity index (χ1n) is 11.0. The fourth-order valence-electron chi connectivity index (χ4n) is 3.41. The number of nitro benzene ring substituents is 2. The summed E-state index contributed by atoms with van der Waals surface area (Å²) in [5.41, 5.74) is 0.758. The van der Waals surface area contributed by atoms with E-state index in [9.17, 15) is 34.6 Å². The van der Waals surface area contributed by atoms with Gasteiger partial charge in [0.05, 0.1) is 20.8 Å². The van der Waals surface area contributed by atoms with Crippen molar-refractivity contribution in [3.63, 3.8) is 0 Å². The molecule has 1 heterocycles. The van der Waals surface area contributed by atoms with Gasteiger partial charge in [0, 0.05) is 16.8 Å². The lowest BCUT2D eigenvalue weighted by Gasteiger charge is -2.13. The molecule has 12 nitrogen and oxygen atoms in total. The highest BCUT2D eigenvalue weighted by atomic mass is 35.5. The fraction of sp³-hybridized carbons (Fsp3) is 0.0800. The van der Waals surface area contributed by atoms with Crippen molar-refractivity contribution in [1.82, 2.24) is 4.90 Å². The van der Waals surface area contributed by atoms with Crippen molar-refractivity contribution in [2.75, 3.05) is 11.9 Å². The molecule has 3 aromatic carbocycles. The van der Waals surface area contributed by atoms with Crippen molar-refractivity contribution in [3.05, 3.63) is 102 Å². The number of hydrogen-bond acceptors (Lipinski definition) is 9. The molecule has 1 fully saturated rings. The Morgan fingerprint density at radius 3 is 2.41 bits per heavy atom. The Morgan fingerprint density at radius 2 is 1.77 bits per heavy atom. The van der Waals surface area contributed by atoms with Crippen molar-refractivity contribution in [2.24, 2.45) is 0 Å². The Morgan fingerprint density at radius 1 is 1.05 bits per heavy atom. The monoisotopic (exact) mass is 568 g/mol. The highest BCUT2D eigenvalue weighted by molar-refractivity contribution is 8.18. The van der Waals surface area contributed by atoms with Crippen LogP contribution in [0.2, 0.25) is 5.02 Å². The van der Waals surface area contributed by atoms with E-state index in [0.29, 0.717) is 28.0 Å². The molecule has 1 aliphatic rings. The highest BCUT2D eigenvalue weighted by Gasteiger charge is 2.36. The molecule has 14 heteroatoms. The second kappa shape index (κ2) is 11.3. The van der Waals surface area contributed by atoms with Gasteiger partial charge in [-0.1, -0.05) is 29.8 Å². The topological polar surface area (TPSA) is 162 Å². The van der Waals surface area contributed by atoms with E-state index in [1.807, 2.05) is 6.92 Å². The Labute approximate surface area is 229 Å². The number of rotatable bonds is 8. The normalized spacial score (nSPS) is 14.0. The number of aryl methyl sites for hydroxylation is 1. The van der Waals surface area contributed by atoms with Gasteiger partial charge in [-0.05, 0) is 66.2 Å². The summed E-state index contributed by atoms with van der Waals surface area (Å²) in [5.74, 6) is -1.19. The van der Waals surface area contributed by atoms with E-state index in [4.69, 9.17) is 16.3 Å². The van der Waals surface area contributed by atoms with Crippen LogP contribution >= 0.6 is 23.4 Å². The lowest BCUT2D eigenvalue weighted by Crippen LogP contribution is -2.36. The molecule has 0 saturated carbocycles.